The van der Waals surface area contributed by atoms with Crippen molar-refractivity contribution < 1.29 is 19.0 Å². The molecule has 6 heteroatoms. The van der Waals surface area contributed by atoms with Crippen molar-refractivity contribution in [3.05, 3.63) is 48.0 Å². The molecule has 2 aromatic carbocycles. The van der Waals surface area contributed by atoms with Crippen LogP contribution in [-0.2, 0) is 0 Å². The number of carbonyl (C=O) groups is 1. The number of methoxy groups -OCH3 is 2. The van der Waals surface area contributed by atoms with E-state index in [-0.39, 0.29) is 0 Å². The summed E-state index contributed by atoms with van der Waals surface area (Å²) in [7, 11) is 3.12. The van der Waals surface area contributed by atoms with E-state index in [9.17, 15) is 4.79 Å². The van der Waals surface area contributed by atoms with Crippen LogP contribution in [0.2, 0.25) is 0 Å². The van der Waals surface area contributed by atoms with E-state index in [1.807, 2.05) is 18.2 Å². The molecule has 0 aliphatic carbocycles. The minimum atomic E-state index is -0.536. The van der Waals surface area contributed by atoms with Gasteiger partial charge in [-0.3, -0.25) is 5.32 Å². The Labute approximate surface area is 172 Å². The van der Waals surface area contributed by atoms with E-state index in [0.717, 1.165) is 13.1 Å². The summed E-state index contributed by atoms with van der Waals surface area (Å²) in [5, 5.41) is 2.73. The number of piperidine rings is 1. The summed E-state index contributed by atoms with van der Waals surface area (Å²) in [5.74, 6) is 2.17. The van der Waals surface area contributed by atoms with E-state index in [0.29, 0.717) is 28.9 Å². The number of hydrogen-bond acceptors (Lipinski definition) is 5. The number of likely N-dealkylation sites (tertiary alicyclic amines) is 1. The third-order valence-corrected chi connectivity index (χ3v) is 5.22. The molecule has 29 heavy (non-hydrogen) atoms. The van der Waals surface area contributed by atoms with Crippen molar-refractivity contribution >= 4 is 11.8 Å². The van der Waals surface area contributed by atoms with Gasteiger partial charge in [0.1, 0.15) is 5.75 Å². The van der Waals surface area contributed by atoms with Gasteiger partial charge in [-0.25, -0.2) is 4.79 Å². The van der Waals surface area contributed by atoms with Crippen molar-refractivity contribution in [2.45, 2.75) is 32.1 Å². The minimum absolute atomic E-state index is 0.479. The van der Waals surface area contributed by atoms with Crippen molar-refractivity contribution in [3.63, 3.8) is 0 Å². The number of benzene rings is 2. The van der Waals surface area contributed by atoms with Crippen LogP contribution in [0, 0.1) is 0 Å². The van der Waals surface area contributed by atoms with E-state index < -0.39 is 6.09 Å². The molecule has 156 valence electrons. The maximum atomic E-state index is 12.3. The molecule has 1 fully saturated rings. The summed E-state index contributed by atoms with van der Waals surface area (Å²) < 4.78 is 16.0. The van der Waals surface area contributed by atoms with Gasteiger partial charge in [0.2, 0.25) is 0 Å². The number of carbonyl (C=O) groups excluding carboxylic acids is 1. The third-order valence-electron chi connectivity index (χ3n) is 5.22. The summed E-state index contributed by atoms with van der Waals surface area (Å²) >= 11 is 0. The van der Waals surface area contributed by atoms with Gasteiger partial charge in [-0.2, -0.15) is 0 Å². The van der Waals surface area contributed by atoms with E-state index in [2.05, 4.69) is 23.2 Å². The van der Waals surface area contributed by atoms with Crippen molar-refractivity contribution in [2.24, 2.45) is 0 Å². The second kappa shape index (κ2) is 10.2. The van der Waals surface area contributed by atoms with Crippen molar-refractivity contribution in [2.75, 3.05) is 39.2 Å². The molecule has 1 unspecified atom stereocenters. The standard InChI is InChI=1S/C23H30N2O4/c1-4-12-25-13-6-8-18(16-25)17-7-5-9-20(14-17)29-23(26)24-19-10-11-21(27-2)22(15-19)28-3/h5,7,9-11,14-15,18H,4,6,8,12-13,16H2,1-3H3,(H,24,26). The topological polar surface area (TPSA) is 60.0 Å². The highest BCUT2D eigenvalue weighted by Gasteiger charge is 2.21. The highest BCUT2D eigenvalue weighted by Crippen LogP contribution is 2.31. The summed E-state index contributed by atoms with van der Waals surface area (Å²) in [6, 6.07) is 13.0. The average molecular weight is 399 g/mol. The molecule has 0 radical (unpaired) electrons. The highest BCUT2D eigenvalue weighted by atomic mass is 16.6. The van der Waals surface area contributed by atoms with Crippen LogP contribution in [0.15, 0.2) is 42.5 Å². The predicted molar refractivity (Wildman–Crippen MR) is 114 cm³/mol. The van der Waals surface area contributed by atoms with Gasteiger partial charge in [-0.1, -0.05) is 19.1 Å². The molecular formula is C23H30N2O4. The van der Waals surface area contributed by atoms with Gasteiger partial charge in [0, 0.05) is 18.3 Å². The van der Waals surface area contributed by atoms with Crippen molar-refractivity contribution in [3.8, 4) is 17.2 Å². The predicted octanol–water partition coefficient (Wildman–Crippen LogP) is 4.90. The van der Waals surface area contributed by atoms with Gasteiger partial charge in [0.25, 0.3) is 0 Å². The van der Waals surface area contributed by atoms with Crippen LogP contribution in [-0.4, -0.2) is 44.8 Å². The van der Waals surface area contributed by atoms with Gasteiger partial charge in [-0.15, -0.1) is 0 Å². The molecule has 0 spiro atoms. The number of ether oxygens (including phenoxy) is 3. The smallest absolute Gasteiger partial charge is 0.417 e. The SMILES string of the molecule is CCCN1CCCC(c2cccc(OC(=O)Nc3ccc(OC)c(OC)c3)c2)C1. The number of hydrogen-bond donors (Lipinski definition) is 1. The molecule has 0 saturated carbocycles. The van der Waals surface area contributed by atoms with Gasteiger partial charge in [-0.05, 0) is 68.1 Å². The largest absolute Gasteiger partial charge is 0.493 e. The van der Waals surface area contributed by atoms with Gasteiger partial charge in [0.15, 0.2) is 11.5 Å². The number of amides is 1. The van der Waals surface area contributed by atoms with Gasteiger partial charge >= 0.3 is 6.09 Å². The average Bonchev–Trinajstić information content (AvgIpc) is 2.74. The molecule has 1 N–H and O–H groups in total. The Hall–Kier alpha value is -2.73. The normalized spacial score (nSPS) is 16.9. The molecule has 1 aliphatic heterocycles. The van der Waals surface area contributed by atoms with E-state index in [1.165, 1.54) is 31.4 Å². The highest BCUT2D eigenvalue weighted by molar-refractivity contribution is 5.86. The lowest BCUT2D eigenvalue weighted by atomic mass is 9.90. The first-order chi connectivity index (χ1) is 14.1. The van der Waals surface area contributed by atoms with E-state index in [1.54, 1.807) is 32.4 Å². The van der Waals surface area contributed by atoms with Crippen LogP contribution >= 0.6 is 0 Å². The molecule has 1 amide bonds. The van der Waals surface area contributed by atoms with Crippen LogP contribution in [0.5, 0.6) is 17.2 Å². The van der Waals surface area contributed by atoms with Crippen molar-refractivity contribution in [1.82, 2.24) is 4.90 Å². The summed E-state index contributed by atoms with van der Waals surface area (Å²) in [4.78, 5) is 14.9. The monoisotopic (exact) mass is 398 g/mol. The zero-order valence-corrected chi connectivity index (χ0v) is 17.4. The number of rotatable bonds is 7. The Morgan fingerprint density at radius 3 is 2.72 bits per heavy atom. The minimum Gasteiger partial charge on any atom is -0.493 e. The molecule has 2 aromatic rings. The fourth-order valence-electron chi connectivity index (χ4n) is 3.84. The summed E-state index contributed by atoms with van der Waals surface area (Å²) in [5.41, 5.74) is 1.80. The molecule has 0 aromatic heterocycles. The molecule has 1 atom stereocenters. The lowest BCUT2D eigenvalue weighted by Gasteiger charge is -2.32. The lowest BCUT2D eigenvalue weighted by Crippen LogP contribution is -2.34. The summed E-state index contributed by atoms with van der Waals surface area (Å²) in [6.07, 6.45) is 3.01. The number of nitrogens with one attached hydrogen (secondary N) is 1. The Morgan fingerprint density at radius 1 is 1.14 bits per heavy atom. The number of nitrogens with zero attached hydrogens (tertiary/aromatic N) is 1. The summed E-state index contributed by atoms with van der Waals surface area (Å²) in [6.45, 7) is 5.60. The first-order valence-electron chi connectivity index (χ1n) is 10.2. The first-order valence-corrected chi connectivity index (χ1v) is 10.2. The maximum Gasteiger partial charge on any atom is 0.417 e. The van der Waals surface area contributed by atoms with Crippen molar-refractivity contribution in [1.29, 1.82) is 0 Å². The lowest BCUT2D eigenvalue weighted by molar-refractivity contribution is 0.207. The van der Waals surface area contributed by atoms with Gasteiger partial charge in [0.05, 0.1) is 14.2 Å². The number of anilines is 1. The Morgan fingerprint density at radius 2 is 1.97 bits per heavy atom. The van der Waals surface area contributed by atoms with Crippen LogP contribution in [0.25, 0.3) is 0 Å². The molecule has 1 aliphatic rings. The molecule has 1 heterocycles. The zero-order valence-electron chi connectivity index (χ0n) is 17.4. The molecular weight excluding hydrogens is 368 g/mol. The second-order valence-electron chi connectivity index (χ2n) is 7.30. The fourth-order valence-corrected chi connectivity index (χ4v) is 3.84. The van der Waals surface area contributed by atoms with Crippen LogP contribution in [0.1, 0.15) is 37.7 Å². The second-order valence-corrected chi connectivity index (χ2v) is 7.30. The third kappa shape index (κ3) is 5.64. The first kappa shape index (κ1) is 21.0. The fraction of sp³-hybridized carbons (Fsp3) is 0.435. The zero-order chi connectivity index (χ0) is 20.6. The maximum absolute atomic E-state index is 12.3. The van der Waals surface area contributed by atoms with E-state index >= 15 is 0 Å². The quantitative estimate of drug-likeness (QED) is 0.718. The Bertz CT molecular complexity index is 822. The molecule has 3 rings (SSSR count). The van der Waals surface area contributed by atoms with Crippen LogP contribution in [0.3, 0.4) is 0 Å². The van der Waals surface area contributed by atoms with E-state index in [4.69, 9.17) is 14.2 Å². The van der Waals surface area contributed by atoms with Crippen LogP contribution in [0.4, 0.5) is 10.5 Å². The van der Waals surface area contributed by atoms with Gasteiger partial charge < -0.3 is 19.1 Å². The Kier molecular flexibility index (Phi) is 7.36. The van der Waals surface area contributed by atoms with Crippen LogP contribution < -0.4 is 19.5 Å². The molecule has 0 bridgehead atoms. The molecule has 1 saturated heterocycles. The molecule has 6 nitrogen and oxygen atoms in total. The Balaban J connectivity index is 1.63.